The number of pyridine rings is 1. The minimum Gasteiger partial charge on any atom is -0.368 e. The van der Waals surface area contributed by atoms with Gasteiger partial charge in [0.05, 0.1) is 11.9 Å². The molecular weight excluding hydrogens is 342 g/mol. The summed E-state index contributed by atoms with van der Waals surface area (Å²) in [7, 11) is 2.14. The number of aromatic nitrogens is 3. The molecule has 0 aliphatic carbocycles. The molecule has 4 heterocycles. The highest BCUT2D eigenvalue weighted by Gasteiger charge is 2.24. The van der Waals surface area contributed by atoms with Crippen LogP contribution in [0.25, 0.3) is 0 Å². The molecule has 2 aromatic rings. The lowest BCUT2D eigenvalue weighted by atomic mass is 10.2. The molecule has 0 bridgehead atoms. The van der Waals surface area contributed by atoms with E-state index in [1.807, 2.05) is 23.2 Å². The van der Waals surface area contributed by atoms with Gasteiger partial charge >= 0.3 is 0 Å². The van der Waals surface area contributed by atoms with Crippen molar-refractivity contribution in [1.82, 2.24) is 24.8 Å². The van der Waals surface area contributed by atoms with Gasteiger partial charge in [0.15, 0.2) is 0 Å². The van der Waals surface area contributed by atoms with Crippen molar-refractivity contribution in [3.05, 3.63) is 42.5 Å². The quantitative estimate of drug-likeness (QED) is 0.786. The number of hydrogen-bond acceptors (Lipinski definition) is 7. The number of likely N-dealkylation sites (N-methyl/N-ethyl adjacent to an activating group) is 1. The summed E-state index contributed by atoms with van der Waals surface area (Å²) >= 11 is 0. The Bertz CT molecular complexity index is 751. The lowest BCUT2D eigenvalue weighted by Crippen LogP contribution is -2.49. The average molecular weight is 367 g/mol. The van der Waals surface area contributed by atoms with Crippen molar-refractivity contribution in [2.45, 2.75) is 0 Å². The largest absolute Gasteiger partial charge is 0.368 e. The first-order valence-electron chi connectivity index (χ1n) is 9.41. The summed E-state index contributed by atoms with van der Waals surface area (Å²) < 4.78 is 0. The summed E-state index contributed by atoms with van der Waals surface area (Å²) in [5.41, 5.74) is 1.60. The number of carbonyl (C=O) groups excluding carboxylic acids is 1. The third-order valence-electron chi connectivity index (χ3n) is 5.24. The van der Waals surface area contributed by atoms with E-state index in [0.29, 0.717) is 18.8 Å². The summed E-state index contributed by atoms with van der Waals surface area (Å²) in [4.78, 5) is 34.4. The molecule has 4 rings (SSSR count). The molecule has 0 spiro atoms. The van der Waals surface area contributed by atoms with E-state index >= 15 is 0 Å². The minimum atomic E-state index is -0.00597. The van der Waals surface area contributed by atoms with Gasteiger partial charge in [-0.3, -0.25) is 4.79 Å². The summed E-state index contributed by atoms with van der Waals surface area (Å²) in [6.07, 6.45) is 5.31. The first kappa shape index (κ1) is 17.7. The highest BCUT2D eigenvalue weighted by atomic mass is 16.2. The van der Waals surface area contributed by atoms with E-state index in [-0.39, 0.29) is 5.91 Å². The SMILES string of the molecule is CN1CCN(c2ccc(C(=O)N3CCN(c4ncccn4)CC3)nc2)CC1. The Kier molecular flexibility index (Phi) is 5.15. The van der Waals surface area contributed by atoms with Crippen LogP contribution >= 0.6 is 0 Å². The van der Waals surface area contributed by atoms with Crippen molar-refractivity contribution in [3.8, 4) is 0 Å². The Morgan fingerprint density at radius 1 is 0.852 bits per heavy atom. The normalized spacial score (nSPS) is 18.6. The second kappa shape index (κ2) is 7.87. The third kappa shape index (κ3) is 4.00. The summed E-state index contributed by atoms with van der Waals surface area (Å²) in [6.45, 7) is 6.86. The van der Waals surface area contributed by atoms with Crippen LogP contribution in [0.4, 0.5) is 11.6 Å². The number of carbonyl (C=O) groups is 1. The molecule has 0 aromatic carbocycles. The molecule has 0 radical (unpaired) electrons. The summed E-state index contributed by atoms with van der Waals surface area (Å²) in [5.74, 6) is 0.716. The Morgan fingerprint density at radius 3 is 2.15 bits per heavy atom. The molecule has 2 aliphatic heterocycles. The second-order valence-corrected chi connectivity index (χ2v) is 7.02. The number of anilines is 2. The first-order valence-corrected chi connectivity index (χ1v) is 9.41. The predicted molar refractivity (Wildman–Crippen MR) is 104 cm³/mol. The van der Waals surface area contributed by atoms with Gasteiger partial charge in [-0.1, -0.05) is 0 Å². The fraction of sp³-hybridized carbons (Fsp3) is 0.474. The van der Waals surface area contributed by atoms with E-state index in [1.54, 1.807) is 18.5 Å². The lowest BCUT2D eigenvalue weighted by Gasteiger charge is -2.35. The number of hydrogen-bond donors (Lipinski definition) is 0. The molecule has 2 fully saturated rings. The van der Waals surface area contributed by atoms with Crippen LogP contribution < -0.4 is 9.80 Å². The molecular formula is C19H25N7O. The van der Waals surface area contributed by atoms with Crippen LogP contribution in [0.1, 0.15) is 10.5 Å². The van der Waals surface area contributed by atoms with Crippen molar-refractivity contribution < 1.29 is 4.79 Å². The molecule has 8 heteroatoms. The maximum Gasteiger partial charge on any atom is 0.272 e. The smallest absolute Gasteiger partial charge is 0.272 e. The van der Waals surface area contributed by atoms with Gasteiger partial charge in [-0.15, -0.1) is 0 Å². The number of amides is 1. The van der Waals surface area contributed by atoms with E-state index in [4.69, 9.17) is 0 Å². The van der Waals surface area contributed by atoms with Gasteiger partial charge < -0.3 is 19.6 Å². The topological polar surface area (TPSA) is 68.7 Å². The molecule has 0 unspecified atom stereocenters. The van der Waals surface area contributed by atoms with Crippen LogP contribution in [0.2, 0.25) is 0 Å². The van der Waals surface area contributed by atoms with Crippen LogP contribution in [0.5, 0.6) is 0 Å². The van der Waals surface area contributed by atoms with Gasteiger partial charge in [-0.05, 0) is 25.2 Å². The minimum absolute atomic E-state index is 0.00597. The summed E-state index contributed by atoms with van der Waals surface area (Å²) in [6, 6.07) is 5.67. The maximum absolute atomic E-state index is 12.8. The van der Waals surface area contributed by atoms with Gasteiger partial charge in [-0.2, -0.15) is 0 Å². The third-order valence-corrected chi connectivity index (χ3v) is 5.24. The Hall–Kier alpha value is -2.74. The van der Waals surface area contributed by atoms with E-state index in [2.05, 4.69) is 36.7 Å². The standard InChI is InChI=1S/C19H25N7O/c1-23-7-9-24(10-8-23)16-3-4-17(22-15-16)18(27)25-11-13-26(14-12-25)19-20-5-2-6-21-19/h2-6,15H,7-14H2,1H3. The van der Waals surface area contributed by atoms with Crippen molar-refractivity contribution in [3.63, 3.8) is 0 Å². The van der Waals surface area contributed by atoms with Gasteiger partial charge in [-0.25, -0.2) is 15.0 Å². The van der Waals surface area contributed by atoms with Gasteiger partial charge in [0.1, 0.15) is 5.69 Å². The van der Waals surface area contributed by atoms with Crippen LogP contribution in [-0.4, -0.2) is 90.1 Å². The van der Waals surface area contributed by atoms with Gasteiger partial charge in [0.25, 0.3) is 5.91 Å². The van der Waals surface area contributed by atoms with Crippen LogP contribution in [0.15, 0.2) is 36.8 Å². The molecule has 1 amide bonds. The molecule has 2 aliphatic rings. The highest BCUT2D eigenvalue weighted by Crippen LogP contribution is 2.17. The van der Waals surface area contributed by atoms with E-state index < -0.39 is 0 Å². The fourth-order valence-corrected chi connectivity index (χ4v) is 3.49. The van der Waals surface area contributed by atoms with Crippen molar-refractivity contribution in [2.75, 3.05) is 69.2 Å². The number of rotatable bonds is 3. The zero-order valence-corrected chi connectivity index (χ0v) is 15.7. The Balaban J connectivity index is 1.35. The van der Waals surface area contributed by atoms with Crippen molar-refractivity contribution >= 4 is 17.5 Å². The summed E-state index contributed by atoms with van der Waals surface area (Å²) in [5, 5.41) is 0. The maximum atomic E-state index is 12.8. The molecule has 2 saturated heterocycles. The van der Waals surface area contributed by atoms with Gasteiger partial charge in [0.2, 0.25) is 5.95 Å². The molecule has 27 heavy (non-hydrogen) atoms. The van der Waals surface area contributed by atoms with Crippen LogP contribution in [-0.2, 0) is 0 Å². The molecule has 0 N–H and O–H groups in total. The second-order valence-electron chi connectivity index (χ2n) is 7.02. The number of nitrogens with zero attached hydrogens (tertiary/aromatic N) is 7. The predicted octanol–water partition coefficient (Wildman–Crippen LogP) is 0.586. The molecule has 0 saturated carbocycles. The molecule has 2 aromatic heterocycles. The Morgan fingerprint density at radius 2 is 1.52 bits per heavy atom. The zero-order chi connectivity index (χ0) is 18.6. The van der Waals surface area contributed by atoms with Crippen molar-refractivity contribution in [2.24, 2.45) is 0 Å². The van der Waals surface area contributed by atoms with E-state index in [9.17, 15) is 4.79 Å². The average Bonchev–Trinajstić information content (AvgIpc) is 2.75. The first-order chi connectivity index (χ1) is 13.2. The fourth-order valence-electron chi connectivity index (χ4n) is 3.49. The lowest BCUT2D eigenvalue weighted by molar-refractivity contribution is 0.0740. The van der Waals surface area contributed by atoms with E-state index in [1.165, 1.54) is 0 Å². The zero-order valence-electron chi connectivity index (χ0n) is 15.7. The van der Waals surface area contributed by atoms with Crippen LogP contribution in [0, 0.1) is 0 Å². The van der Waals surface area contributed by atoms with E-state index in [0.717, 1.165) is 50.9 Å². The van der Waals surface area contributed by atoms with Crippen LogP contribution in [0.3, 0.4) is 0 Å². The number of piperazine rings is 2. The highest BCUT2D eigenvalue weighted by molar-refractivity contribution is 5.92. The molecule has 8 nitrogen and oxygen atoms in total. The van der Waals surface area contributed by atoms with Crippen molar-refractivity contribution in [1.29, 1.82) is 0 Å². The Labute approximate surface area is 159 Å². The van der Waals surface area contributed by atoms with Gasteiger partial charge in [0, 0.05) is 64.8 Å². The monoisotopic (exact) mass is 367 g/mol. The molecule has 142 valence electrons. The molecule has 0 atom stereocenters.